The Hall–Kier alpha value is -3.95. The van der Waals surface area contributed by atoms with E-state index in [0.29, 0.717) is 18.7 Å². The van der Waals surface area contributed by atoms with Crippen molar-refractivity contribution >= 4 is 5.91 Å². The summed E-state index contributed by atoms with van der Waals surface area (Å²) in [6.07, 6.45) is 1.62. The Bertz CT molecular complexity index is 1570. The van der Waals surface area contributed by atoms with Gasteiger partial charge in [0.2, 0.25) is 0 Å². The second-order valence-electron chi connectivity index (χ2n) is 11.6. The van der Waals surface area contributed by atoms with Gasteiger partial charge in [-0.05, 0) is 71.6 Å². The Kier molecular flexibility index (Phi) is 5.83. The zero-order chi connectivity index (χ0) is 27.5. The fourth-order valence-electron chi connectivity index (χ4n) is 8.18. The van der Waals surface area contributed by atoms with Crippen LogP contribution in [0.5, 0.6) is 0 Å². The standard InChI is InChI=1S/C37H35NO2/c1-3-38(4-2)35(39)34-30-24-36(31-21-13-11-19-27(31)28-20-12-14-22-32(28)36)23-29(25-15-7-5-8-16-25)33(30)37(34,40)26-17-9-6-10-18-26/h5-22,29,33,40H,3-4,23-24H2,1-2H3/t29-,33-,37-/m1/s1. The lowest BCUT2D eigenvalue weighted by Gasteiger charge is -2.59. The Morgan fingerprint density at radius 3 is 1.88 bits per heavy atom. The van der Waals surface area contributed by atoms with Gasteiger partial charge < -0.3 is 10.0 Å². The van der Waals surface area contributed by atoms with Crippen LogP contribution in [-0.2, 0) is 15.8 Å². The molecule has 0 saturated heterocycles. The molecule has 3 aliphatic carbocycles. The minimum Gasteiger partial charge on any atom is -0.380 e. The number of aliphatic hydroxyl groups is 1. The molecule has 4 aromatic carbocycles. The highest BCUT2D eigenvalue weighted by Crippen LogP contribution is 2.69. The number of amides is 1. The van der Waals surface area contributed by atoms with Crippen molar-refractivity contribution in [3.63, 3.8) is 0 Å². The highest BCUT2D eigenvalue weighted by atomic mass is 16.3. The first-order chi connectivity index (χ1) is 19.5. The third-order valence-corrected chi connectivity index (χ3v) is 9.87. The summed E-state index contributed by atoms with van der Waals surface area (Å²) in [5.74, 6) is -0.161. The minimum absolute atomic E-state index is 0.0361. The molecule has 40 heavy (non-hydrogen) atoms. The van der Waals surface area contributed by atoms with E-state index in [-0.39, 0.29) is 23.2 Å². The van der Waals surface area contributed by atoms with Gasteiger partial charge in [0.15, 0.2) is 0 Å². The maximum absolute atomic E-state index is 14.3. The van der Waals surface area contributed by atoms with E-state index >= 15 is 0 Å². The molecule has 3 nitrogen and oxygen atoms in total. The van der Waals surface area contributed by atoms with Crippen LogP contribution in [0.2, 0.25) is 0 Å². The van der Waals surface area contributed by atoms with E-state index in [1.54, 1.807) is 0 Å². The van der Waals surface area contributed by atoms with Crippen molar-refractivity contribution in [2.24, 2.45) is 5.92 Å². The molecule has 0 radical (unpaired) electrons. The normalized spacial score (nSPS) is 23.7. The van der Waals surface area contributed by atoms with Crippen LogP contribution in [-0.4, -0.2) is 29.0 Å². The summed E-state index contributed by atoms with van der Waals surface area (Å²) in [6.45, 7) is 5.26. The first kappa shape index (κ1) is 25.0. The van der Waals surface area contributed by atoms with E-state index in [9.17, 15) is 9.90 Å². The molecule has 1 N–H and O–H groups in total. The lowest BCUT2D eigenvalue weighted by molar-refractivity contribution is -0.134. The van der Waals surface area contributed by atoms with Gasteiger partial charge in [0.1, 0.15) is 5.60 Å². The van der Waals surface area contributed by atoms with Crippen molar-refractivity contribution in [1.29, 1.82) is 0 Å². The average molecular weight is 526 g/mol. The van der Waals surface area contributed by atoms with Crippen molar-refractivity contribution < 1.29 is 9.90 Å². The van der Waals surface area contributed by atoms with Crippen LogP contribution < -0.4 is 0 Å². The van der Waals surface area contributed by atoms with Crippen LogP contribution in [0.4, 0.5) is 0 Å². The van der Waals surface area contributed by atoms with Gasteiger partial charge in [0, 0.05) is 24.4 Å². The molecule has 3 heteroatoms. The molecule has 3 atom stereocenters. The highest BCUT2D eigenvalue weighted by Gasteiger charge is 2.65. The Labute approximate surface area is 236 Å². The number of rotatable bonds is 5. The summed E-state index contributed by atoms with van der Waals surface area (Å²) in [7, 11) is 0. The molecule has 0 unspecified atom stereocenters. The summed E-state index contributed by atoms with van der Waals surface area (Å²) < 4.78 is 0. The second kappa shape index (κ2) is 9.31. The Morgan fingerprint density at radius 2 is 1.30 bits per heavy atom. The van der Waals surface area contributed by atoms with Crippen LogP contribution in [0.3, 0.4) is 0 Å². The van der Waals surface area contributed by atoms with E-state index in [4.69, 9.17) is 0 Å². The quantitative estimate of drug-likeness (QED) is 0.299. The molecular formula is C37H35NO2. The molecule has 4 aromatic rings. The van der Waals surface area contributed by atoms with Gasteiger partial charge in [-0.25, -0.2) is 0 Å². The fourth-order valence-corrected chi connectivity index (χ4v) is 8.18. The van der Waals surface area contributed by atoms with Crippen LogP contribution in [0, 0.1) is 5.92 Å². The van der Waals surface area contributed by atoms with Crippen molar-refractivity contribution in [2.45, 2.75) is 43.6 Å². The van der Waals surface area contributed by atoms with Crippen LogP contribution in [0.15, 0.2) is 120 Å². The monoisotopic (exact) mass is 525 g/mol. The predicted molar refractivity (Wildman–Crippen MR) is 160 cm³/mol. The van der Waals surface area contributed by atoms with Gasteiger partial charge in [-0.15, -0.1) is 0 Å². The largest absolute Gasteiger partial charge is 0.380 e. The van der Waals surface area contributed by atoms with E-state index in [1.165, 1.54) is 27.8 Å². The van der Waals surface area contributed by atoms with Gasteiger partial charge in [0.25, 0.3) is 5.91 Å². The van der Waals surface area contributed by atoms with Crippen LogP contribution >= 0.6 is 0 Å². The van der Waals surface area contributed by atoms with Gasteiger partial charge in [-0.1, -0.05) is 109 Å². The number of nitrogens with zero attached hydrogens (tertiary/aromatic N) is 1. The van der Waals surface area contributed by atoms with Gasteiger partial charge in [0.05, 0.1) is 5.57 Å². The van der Waals surface area contributed by atoms with Gasteiger partial charge in [-0.2, -0.15) is 0 Å². The number of hydrogen-bond donors (Lipinski definition) is 1. The summed E-state index contributed by atoms with van der Waals surface area (Å²) in [6, 6.07) is 38.1. The lowest BCUT2D eigenvalue weighted by atomic mass is 9.46. The first-order valence-corrected chi connectivity index (χ1v) is 14.6. The second-order valence-corrected chi connectivity index (χ2v) is 11.6. The smallest absolute Gasteiger partial charge is 0.253 e. The molecule has 0 aromatic heterocycles. The number of likely N-dealkylation sites (N-methyl/N-ethyl adjacent to an activating group) is 1. The third kappa shape index (κ3) is 3.31. The summed E-state index contributed by atoms with van der Waals surface area (Å²) in [5, 5.41) is 12.8. The third-order valence-electron chi connectivity index (χ3n) is 9.87. The first-order valence-electron chi connectivity index (χ1n) is 14.6. The van der Waals surface area contributed by atoms with Crippen molar-refractivity contribution in [2.75, 3.05) is 13.1 Å². The van der Waals surface area contributed by atoms with Crippen LogP contribution in [0.1, 0.15) is 54.9 Å². The number of fused-ring (bicyclic) bond motifs is 6. The van der Waals surface area contributed by atoms with Gasteiger partial charge >= 0.3 is 0 Å². The van der Waals surface area contributed by atoms with Crippen molar-refractivity contribution in [1.82, 2.24) is 4.90 Å². The summed E-state index contributed by atoms with van der Waals surface area (Å²) >= 11 is 0. The minimum atomic E-state index is -1.34. The molecule has 1 amide bonds. The molecule has 7 rings (SSSR count). The Morgan fingerprint density at radius 1 is 0.775 bits per heavy atom. The molecule has 0 aliphatic heterocycles. The topological polar surface area (TPSA) is 40.5 Å². The van der Waals surface area contributed by atoms with E-state index in [1.807, 2.05) is 49.1 Å². The molecule has 1 spiro atoms. The van der Waals surface area contributed by atoms with Crippen LogP contribution in [0.25, 0.3) is 11.1 Å². The van der Waals surface area contributed by atoms with E-state index < -0.39 is 5.60 Å². The van der Waals surface area contributed by atoms with E-state index in [2.05, 4.69) is 78.9 Å². The van der Waals surface area contributed by atoms with E-state index in [0.717, 1.165) is 24.0 Å². The fraction of sp³-hybridized carbons (Fsp3) is 0.270. The summed E-state index contributed by atoms with van der Waals surface area (Å²) in [5.41, 5.74) is 7.40. The number of carbonyl (C=O) groups excluding carboxylic acids is 1. The maximum atomic E-state index is 14.3. The molecule has 1 saturated carbocycles. The van der Waals surface area contributed by atoms with Gasteiger partial charge in [-0.3, -0.25) is 4.79 Å². The average Bonchev–Trinajstić information content (AvgIpc) is 3.27. The SMILES string of the molecule is CCN(CC)C(=O)C1=C2CC3(C[C@H](c4ccccc4)[C@H]2[C@]1(O)c1ccccc1)c1ccccc1-c1ccccc13. The maximum Gasteiger partial charge on any atom is 0.253 e. The lowest BCUT2D eigenvalue weighted by Crippen LogP contribution is -2.58. The van der Waals surface area contributed by atoms with Crippen molar-refractivity contribution in [3.8, 4) is 11.1 Å². The number of carbonyl (C=O) groups is 1. The van der Waals surface area contributed by atoms with Crippen molar-refractivity contribution in [3.05, 3.63) is 143 Å². The predicted octanol–water partition coefficient (Wildman–Crippen LogP) is 7.21. The molecule has 1 fully saturated rings. The number of hydrogen-bond acceptors (Lipinski definition) is 2. The Balaban J connectivity index is 1.52. The number of benzene rings is 4. The molecule has 3 aliphatic rings. The zero-order valence-corrected chi connectivity index (χ0v) is 23.2. The highest BCUT2D eigenvalue weighted by molar-refractivity contribution is 5.99. The molecular weight excluding hydrogens is 490 g/mol. The zero-order valence-electron chi connectivity index (χ0n) is 23.2. The summed E-state index contributed by atoms with van der Waals surface area (Å²) in [4.78, 5) is 16.1. The molecule has 0 heterocycles. The molecule has 0 bridgehead atoms. The molecule has 200 valence electrons.